The normalized spacial score (nSPS) is 20.5. The second kappa shape index (κ2) is 4.17. The number of hydrogen-bond acceptors (Lipinski definition) is 4. The summed E-state index contributed by atoms with van der Waals surface area (Å²) in [5, 5.41) is 0. The van der Waals surface area contributed by atoms with Gasteiger partial charge in [0.25, 0.3) is 0 Å². The fourth-order valence-corrected chi connectivity index (χ4v) is 2.20. The molecule has 1 fully saturated rings. The monoisotopic (exact) mass is 272 g/mol. The van der Waals surface area contributed by atoms with E-state index in [-0.39, 0.29) is 11.2 Å². The second-order valence-corrected chi connectivity index (χ2v) is 6.10. The molecule has 5 nitrogen and oxygen atoms in total. The van der Waals surface area contributed by atoms with Crippen molar-refractivity contribution >= 4 is 24.5 Å². The predicted octanol–water partition coefficient (Wildman–Crippen LogP) is 1.45. The van der Waals surface area contributed by atoms with Gasteiger partial charge in [0.2, 0.25) is 0 Å². The molecule has 104 valence electrons. The van der Waals surface area contributed by atoms with Gasteiger partial charge in [-0.3, -0.25) is 4.79 Å². The summed E-state index contributed by atoms with van der Waals surface area (Å²) in [6.07, 6.45) is 4.32. The zero-order chi connectivity index (χ0) is 14.5. The summed E-state index contributed by atoms with van der Waals surface area (Å²) in [5.41, 5.74) is 1.32. The Morgan fingerprint density at radius 3 is 2.40 bits per heavy atom. The Kier molecular flexibility index (Phi) is 2.78. The van der Waals surface area contributed by atoms with Crippen molar-refractivity contribution in [3.8, 4) is 0 Å². The van der Waals surface area contributed by atoms with Crippen LogP contribution < -0.4 is 5.46 Å². The molecular weight excluding hydrogens is 255 g/mol. The molecule has 0 saturated carbocycles. The summed E-state index contributed by atoms with van der Waals surface area (Å²) in [5.74, 6) is 0. The molecular formula is C14H17BN2O3. The number of nitrogens with zero attached hydrogens (tertiary/aromatic N) is 2. The van der Waals surface area contributed by atoms with Crippen LogP contribution in [0, 0.1) is 0 Å². The third kappa shape index (κ3) is 1.96. The highest BCUT2D eigenvalue weighted by molar-refractivity contribution is 6.62. The molecule has 6 heteroatoms. The second-order valence-electron chi connectivity index (χ2n) is 6.10. The molecule has 0 N–H and O–H groups in total. The molecule has 1 saturated heterocycles. The van der Waals surface area contributed by atoms with Crippen molar-refractivity contribution in [3.05, 3.63) is 30.2 Å². The van der Waals surface area contributed by atoms with Gasteiger partial charge in [0, 0.05) is 12.4 Å². The first kappa shape index (κ1) is 13.3. The largest absolute Gasteiger partial charge is 0.496 e. The molecule has 0 unspecified atom stereocenters. The number of carbonyl (C=O) groups is 1. The number of aldehydes is 1. The first-order valence-electron chi connectivity index (χ1n) is 6.62. The number of aromatic nitrogens is 2. The van der Waals surface area contributed by atoms with Crippen LogP contribution in [0.15, 0.2) is 24.5 Å². The van der Waals surface area contributed by atoms with E-state index >= 15 is 0 Å². The first-order valence-corrected chi connectivity index (χ1v) is 6.62. The number of pyridine rings is 1. The smallest absolute Gasteiger partial charge is 0.399 e. The van der Waals surface area contributed by atoms with Crippen LogP contribution in [-0.4, -0.2) is 34.0 Å². The van der Waals surface area contributed by atoms with E-state index in [0.29, 0.717) is 5.69 Å². The van der Waals surface area contributed by atoms with Crippen LogP contribution in [0.5, 0.6) is 0 Å². The molecule has 3 rings (SSSR count). The van der Waals surface area contributed by atoms with Gasteiger partial charge in [-0.2, -0.15) is 0 Å². The molecule has 0 radical (unpaired) electrons. The van der Waals surface area contributed by atoms with Gasteiger partial charge in [0.05, 0.1) is 11.2 Å². The van der Waals surface area contributed by atoms with Crippen LogP contribution in [0.1, 0.15) is 38.2 Å². The number of carbonyl (C=O) groups excluding carboxylic acids is 1. The number of imidazole rings is 1. The minimum absolute atomic E-state index is 0.366. The van der Waals surface area contributed by atoms with Gasteiger partial charge in [0.15, 0.2) is 6.29 Å². The van der Waals surface area contributed by atoms with E-state index in [1.54, 1.807) is 6.20 Å². The van der Waals surface area contributed by atoms with Crippen molar-refractivity contribution in [3.63, 3.8) is 0 Å². The molecule has 1 aliphatic rings. The highest BCUT2D eigenvalue weighted by Crippen LogP contribution is 2.36. The van der Waals surface area contributed by atoms with Crippen LogP contribution in [0.2, 0.25) is 0 Å². The van der Waals surface area contributed by atoms with E-state index in [2.05, 4.69) is 4.98 Å². The lowest BCUT2D eigenvalue weighted by atomic mass is 9.80. The Morgan fingerprint density at radius 1 is 1.15 bits per heavy atom. The molecule has 0 aromatic carbocycles. The van der Waals surface area contributed by atoms with Gasteiger partial charge < -0.3 is 13.7 Å². The van der Waals surface area contributed by atoms with E-state index < -0.39 is 7.12 Å². The Balaban J connectivity index is 1.97. The van der Waals surface area contributed by atoms with Crippen molar-refractivity contribution in [1.82, 2.24) is 9.38 Å². The highest BCUT2D eigenvalue weighted by Gasteiger charge is 2.51. The number of rotatable bonds is 2. The SMILES string of the molecule is CC1(C)OB(c2ccc3nc(C=O)cn3c2)OC1(C)C. The minimum Gasteiger partial charge on any atom is -0.399 e. The quantitative estimate of drug-likeness (QED) is 0.613. The van der Waals surface area contributed by atoms with Gasteiger partial charge in [-0.1, -0.05) is 6.07 Å². The zero-order valence-corrected chi connectivity index (χ0v) is 12.1. The summed E-state index contributed by atoms with van der Waals surface area (Å²) in [6.45, 7) is 8.08. The Morgan fingerprint density at radius 2 is 1.80 bits per heavy atom. The van der Waals surface area contributed by atoms with E-state index in [1.165, 1.54) is 0 Å². The van der Waals surface area contributed by atoms with Crippen molar-refractivity contribution in [2.24, 2.45) is 0 Å². The summed E-state index contributed by atoms with van der Waals surface area (Å²) < 4.78 is 13.8. The summed E-state index contributed by atoms with van der Waals surface area (Å²) in [7, 11) is -0.411. The predicted molar refractivity (Wildman–Crippen MR) is 76.3 cm³/mol. The molecule has 2 aromatic heterocycles. The molecule has 2 aromatic rings. The van der Waals surface area contributed by atoms with E-state index in [4.69, 9.17) is 9.31 Å². The average molecular weight is 272 g/mol. The van der Waals surface area contributed by atoms with E-state index in [9.17, 15) is 4.79 Å². The lowest BCUT2D eigenvalue weighted by Crippen LogP contribution is -2.41. The maximum Gasteiger partial charge on any atom is 0.496 e. The van der Waals surface area contributed by atoms with Crippen molar-refractivity contribution < 1.29 is 14.1 Å². The lowest BCUT2D eigenvalue weighted by Gasteiger charge is -2.32. The Labute approximate surface area is 118 Å². The molecule has 0 aliphatic carbocycles. The van der Waals surface area contributed by atoms with Gasteiger partial charge >= 0.3 is 7.12 Å². The Bertz CT molecular complexity index is 662. The van der Waals surface area contributed by atoms with Gasteiger partial charge in [-0.05, 0) is 39.2 Å². The standard InChI is InChI=1S/C14H17BN2O3/c1-13(2)14(3,4)20-15(19-13)10-5-6-12-16-11(9-18)8-17(12)7-10/h5-9H,1-4H3. The van der Waals surface area contributed by atoms with Crippen molar-refractivity contribution in [2.75, 3.05) is 0 Å². The number of fused-ring (bicyclic) bond motifs is 1. The molecule has 20 heavy (non-hydrogen) atoms. The summed E-state index contributed by atoms with van der Waals surface area (Å²) in [4.78, 5) is 14.9. The average Bonchev–Trinajstić information content (AvgIpc) is 2.87. The third-order valence-electron chi connectivity index (χ3n) is 4.14. The van der Waals surface area contributed by atoms with E-state index in [0.717, 1.165) is 17.4 Å². The lowest BCUT2D eigenvalue weighted by molar-refractivity contribution is 0.00578. The summed E-state index contributed by atoms with van der Waals surface area (Å²) >= 11 is 0. The fraction of sp³-hybridized carbons (Fsp3) is 0.429. The topological polar surface area (TPSA) is 52.8 Å². The van der Waals surface area contributed by atoms with Crippen LogP contribution in [0.25, 0.3) is 5.65 Å². The zero-order valence-electron chi connectivity index (χ0n) is 12.1. The molecule has 0 bridgehead atoms. The molecule has 3 heterocycles. The fourth-order valence-electron chi connectivity index (χ4n) is 2.20. The number of hydrogen-bond donors (Lipinski definition) is 0. The minimum atomic E-state index is -0.411. The Hall–Kier alpha value is -1.66. The maximum absolute atomic E-state index is 10.8. The third-order valence-corrected chi connectivity index (χ3v) is 4.14. The van der Waals surface area contributed by atoms with Gasteiger partial charge in [-0.25, -0.2) is 4.98 Å². The highest BCUT2D eigenvalue weighted by atomic mass is 16.7. The van der Waals surface area contributed by atoms with E-state index in [1.807, 2.05) is 50.4 Å². The maximum atomic E-state index is 10.8. The molecule has 0 amide bonds. The van der Waals surface area contributed by atoms with Crippen molar-refractivity contribution in [1.29, 1.82) is 0 Å². The van der Waals surface area contributed by atoms with Crippen LogP contribution in [-0.2, 0) is 9.31 Å². The van der Waals surface area contributed by atoms with Crippen LogP contribution >= 0.6 is 0 Å². The van der Waals surface area contributed by atoms with Gasteiger partial charge in [0.1, 0.15) is 11.3 Å². The van der Waals surface area contributed by atoms with Gasteiger partial charge in [-0.15, -0.1) is 0 Å². The van der Waals surface area contributed by atoms with Crippen molar-refractivity contribution in [2.45, 2.75) is 38.9 Å². The van der Waals surface area contributed by atoms with Crippen LogP contribution in [0.4, 0.5) is 0 Å². The molecule has 1 aliphatic heterocycles. The first-order chi connectivity index (χ1) is 9.32. The molecule has 0 atom stereocenters. The van der Waals surface area contributed by atoms with Crippen LogP contribution in [0.3, 0.4) is 0 Å². The molecule has 0 spiro atoms. The summed E-state index contributed by atoms with van der Waals surface area (Å²) in [6, 6.07) is 3.77.